The number of rotatable bonds is 5. The second kappa shape index (κ2) is 16.5. The van der Waals surface area contributed by atoms with Crippen molar-refractivity contribution >= 4 is 34.3 Å². The molecule has 2 aromatic carbocycles. The van der Waals surface area contributed by atoms with Gasteiger partial charge in [-0.05, 0) is 174 Å². The summed E-state index contributed by atoms with van der Waals surface area (Å²) in [6, 6.07) is 15.3. The van der Waals surface area contributed by atoms with E-state index in [0.29, 0.717) is 17.8 Å². The quantitative estimate of drug-likeness (QED) is 0.217. The van der Waals surface area contributed by atoms with E-state index in [0.717, 1.165) is 76.2 Å². The standard InChI is InChI=1S/C72H73N5/c1-70(2)51-29-15-10-23-44(51)63-49(28-20-32-54(63)70)68-74-69(75(68)43-21-8-7-9-22-43)50-39-42(41-73)61(76-57-33-18-13-26-47(57)66-59(76)37-35-55-64(66)45-24-11-16-30-52(45)71(55,3)4)40-62(50)77-58-34-19-14-27-48(58)67-60(77)38-36-56-65(67)46-25-12-17-31-53(46)72(56,5)6/h7-12,15,18-21,24-25,28-29,32-34,36,38-39,43-44,55,62,64,68-69,74H,13-14,16-17,22-23,26-27,30-31,35,37,40H2,1-6H3. The molecule has 0 radical (unpaired) electrons. The molecule has 386 valence electrons. The van der Waals surface area contributed by atoms with Gasteiger partial charge in [0.1, 0.15) is 6.07 Å². The maximum atomic E-state index is 11.9. The molecule has 1 N–H and O–H groups in total. The number of nitriles is 1. The lowest BCUT2D eigenvalue weighted by molar-refractivity contribution is -0.0360. The average Bonchev–Trinajstić information content (AvgIpc) is 4.36. The first-order valence-corrected chi connectivity index (χ1v) is 29.8. The summed E-state index contributed by atoms with van der Waals surface area (Å²) in [6.45, 7) is 14.9. The third-order valence-electron chi connectivity index (χ3n) is 22.0. The van der Waals surface area contributed by atoms with E-state index in [-0.39, 0.29) is 40.7 Å². The zero-order chi connectivity index (χ0) is 51.9. The predicted octanol–water partition coefficient (Wildman–Crippen LogP) is 16.5. The number of aromatic nitrogens is 2. The maximum absolute atomic E-state index is 11.9. The van der Waals surface area contributed by atoms with Gasteiger partial charge in [0.2, 0.25) is 0 Å². The average molecular weight is 1010 g/mol. The van der Waals surface area contributed by atoms with Crippen molar-refractivity contribution in [3.05, 3.63) is 210 Å². The number of benzene rings is 2. The molecule has 7 atom stereocenters. The lowest BCUT2D eigenvalue weighted by Gasteiger charge is -2.56. The van der Waals surface area contributed by atoms with Crippen molar-refractivity contribution in [2.75, 3.05) is 0 Å². The van der Waals surface area contributed by atoms with Crippen molar-refractivity contribution < 1.29 is 0 Å². The van der Waals surface area contributed by atoms with E-state index in [4.69, 9.17) is 0 Å². The van der Waals surface area contributed by atoms with E-state index in [2.05, 4.69) is 195 Å². The molecular formula is C72H73N5. The van der Waals surface area contributed by atoms with E-state index >= 15 is 0 Å². The van der Waals surface area contributed by atoms with Crippen molar-refractivity contribution in [2.45, 2.75) is 172 Å². The van der Waals surface area contributed by atoms with Crippen molar-refractivity contribution in [3.8, 4) is 6.07 Å². The van der Waals surface area contributed by atoms with Gasteiger partial charge in [0.15, 0.2) is 0 Å². The van der Waals surface area contributed by atoms with Gasteiger partial charge in [-0.2, -0.15) is 5.26 Å². The Labute approximate surface area is 456 Å². The van der Waals surface area contributed by atoms with E-state index < -0.39 is 0 Å². The van der Waals surface area contributed by atoms with Gasteiger partial charge in [-0.3, -0.25) is 10.2 Å². The topological polar surface area (TPSA) is 48.9 Å². The van der Waals surface area contributed by atoms with Gasteiger partial charge in [0.05, 0.1) is 23.9 Å². The lowest BCUT2D eigenvalue weighted by atomic mass is 9.66. The molecule has 0 amide bonds. The molecule has 5 nitrogen and oxygen atoms in total. The highest BCUT2D eigenvalue weighted by Gasteiger charge is 2.54. The molecule has 11 aliphatic carbocycles. The normalized spacial score (nSPS) is 30.0. The second-order valence-corrected chi connectivity index (χ2v) is 26.4. The third-order valence-corrected chi connectivity index (χ3v) is 22.0. The van der Waals surface area contributed by atoms with Crippen LogP contribution in [-0.4, -0.2) is 26.2 Å². The van der Waals surface area contributed by atoms with Crippen LogP contribution in [0.2, 0.25) is 0 Å². The molecule has 1 saturated heterocycles. The van der Waals surface area contributed by atoms with Gasteiger partial charge in [0.25, 0.3) is 0 Å². The molecule has 0 bridgehead atoms. The van der Waals surface area contributed by atoms with Gasteiger partial charge in [-0.1, -0.05) is 162 Å². The molecule has 4 aromatic rings. The highest BCUT2D eigenvalue weighted by molar-refractivity contribution is 6.05. The minimum Gasteiger partial charge on any atom is -0.333 e. The minimum absolute atomic E-state index is 0.0148. The molecule has 0 saturated carbocycles. The Balaban J connectivity index is 0.922. The zero-order valence-electron chi connectivity index (χ0n) is 46.1. The summed E-state index contributed by atoms with van der Waals surface area (Å²) in [6.07, 6.45) is 52.1. The molecule has 1 fully saturated rings. The van der Waals surface area contributed by atoms with E-state index in [1.54, 1.807) is 33.4 Å². The number of nitrogens with zero attached hydrogens (tertiary/aromatic N) is 4. The molecule has 1 aliphatic heterocycles. The largest absolute Gasteiger partial charge is 0.333 e. The second-order valence-electron chi connectivity index (χ2n) is 26.4. The minimum atomic E-state index is -0.0930. The van der Waals surface area contributed by atoms with Gasteiger partial charge >= 0.3 is 0 Å². The summed E-state index contributed by atoms with van der Waals surface area (Å²) in [7, 11) is 0. The Bertz CT molecular complexity index is 3790. The van der Waals surface area contributed by atoms with Crippen LogP contribution >= 0.6 is 0 Å². The molecule has 5 heteroatoms. The molecule has 77 heavy (non-hydrogen) atoms. The van der Waals surface area contributed by atoms with E-state index in [1.807, 2.05) is 0 Å². The fourth-order valence-corrected chi connectivity index (χ4v) is 18.5. The SMILES string of the molecule is CC1(C)C2=CC=CCC2c2c(C3NC(C4=CC(C#N)=C(n5c6c(c7c5CCC5C7C7=C(CCC=C7)C5(C)C)CCC=C6)CC4n4c5c(c6c7c(ccc64)C(C)(C)C4=C7C=CCC4)CCC=C5)N3C3C=CC=CC3)cccc21. The van der Waals surface area contributed by atoms with E-state index in [9.17, 15) is 5.26 Å². The summed E-state index contributed by atoms with van der Waals surface area (Å²) < 4.78 is 5.49. The van der Waals surface area contributed by atoms with E-state index in [1.165, 1.54) is 91.1 Å². The van der Waals surface area contributed by atoms with Crippen LogP contribution in [0.3, 0.4) is 0 Å². The first-order valence-electron chi connectivity index (χ1n) is 29.8. The first-order chi connectivity index (χ1) is 37.5. The summed E-state index contributed by atoms with van der Waals surface area (Å²) in [5, 5.41) is 17.7. The van der Waals surface area contributed by atoms with Crippen LogP contribution in [0.1, 0.15) is 191 Å². The summed E-state index contributed by atoms with van der Waals surface area (Å²) in [5.74, 6) is 1.38. The highest BCUT2D eigenvalue weighted by Crippen LogP contribution is 2.64. The Morgan fingerprint density at radius 2 is 1.48 bits per heavy atom. The molecule has 16 rings (SSSR count). The summed E-state index contributed by atoms with van der Waals surface area (Å²) in [5.41, 5.74) is 28.9. The van der Waals surface area contributed by atoms with Crippen molar-refractivity contribution in [1.82, 2.24) is 19.4 Å². The molecule has 0 spiro atoms. The third kappa shape index (κ3) is 6.18. The van der Waals surface area contributed by atoms with Crippen LogP contribution in [0.5, 0.6) is 0 Å². The molecular weight excluding hydrogens is 935 g/mol. The number of hydrogen-bond acceptors (Lipinski definition) is 3. The van der Waals surface area contributed by atoms with Crippen LogP contribution in [0.4, 0.5) is 0 Å². The fourth-order valence-electron chi connectivity index (χ4n) is 18.5. The van der Waals surface area contributed by atoms with Crippen molar-refractivity contribution in [1.29, 1.82) is 5.26 Å². The monoisotopic (exact) mass is 1010 g/mol. The van der Waals surface area contributed by atoms with Gasteiger partial charge in [-0.25, -0.2) is 0 Å². The molecule has 3 heterocycles. The number of allylic oxidation sites excluding steroid dienone is 19. The number of hydrogen-bond donors (Lipinski definition) is 1. The van der Waals surface area contributed by atoms with Gasteiger partial charge in [-0.15, -0.1) is 0 Å². The summed E-state index contributed by atoms with van der Waals surface area (Å²) in [4.78, 5) is 2.81. The Morgan fingerprint density at radius 1 is 0.701 bits per heavy atom. The Morgan fingerprint density at radius 3 is 2.31 bits per heavy atom. The number of nitrogens with one attached hydrogen (secondary N) is 1. The molecule has 7 unspecified atom stereocenters. The number of aryl methyl sites for hydroxylation is 1. The van der Waals surface area contributed by atoms with Gasteiger partial charge < -0.3 is 9.13 Å². The van der Waals surface area contributed by atoms with Gasteiger partial charge in [0, 0.05) is 68.8 Å². The summed E-state index contributed by atoms with van der Waals surface area (Å²) >= 11 is 0. The zero-order valence-corrected chi connectivity index (χ0v) is 46.1. The van der Waals surface area contributed by atoms with Crippen molar-refractivity contribution in [2.24, 2.45) is 11.3 Å². The number of fused-ring (bicyclic) bond motifs is 15. The van der Waals surface area contributed by atoms with Crippen LogP contribution < -0.4 is 5.32 Å². The smallest absolute Gasteiger partial charge is 0.101 e. The van der Waals surface area contributed by atoms with Crippen LogP contribution in [0.15, 0.2) is 149 Å². The molecule has 12 aliphatic rings. The van der Waals surface area contributed by atoms with Crippen LogP contribution in [-0.2, 0) is 30.1 Å². The maximum Gasteiger partial charge on any atom is 0.101 e. The van der Waals surface area contributed by atoms with Crippen molar-refractivity contribution in [3.63, 3.8) is 0 Å². The Hall–Kier alpha value is -6.45. The lowest BCUT2D eigenvalue weighted by Crippen LogP contribution is -2.68. The predicted molar refractivity (Wildman–Crippen MR) is 316 cm³/mol. The Kier molecular flexibility index (Phi) is 10.0. The molecule has 2 aromatic heterocycles. The fraction of sp³-hybridized carbons (Fsp3) is 0.403. The van der Waals surface area contributed by atoms with Crippen LogP contribution in [0, 0.1) is 22.7 Å². The first kappa shape index (κ1) is 46.6. The highest BCUT2D eigenvalue weighted by atomic mass is 15.5. The van der Waals surface area contributed by atoms with Crippen LogP contribution in [0.25, 0.3) is 34.3 Å².